The number of carbonyl (C=O) groups excluding carboxylic acids is 5. The van der Waals surface area contributed by atoms with Crippen LogP contribution in [0, 0.1) is 0 Å². The zero-order valence-electron chi connectivity index (χ0n) is 49.3. The van der Waals surface area contributed by atoms with Gasteiger partial charge in [-0.3, -0.25) is 24.0 Å². The smallest absolute Gasteiger partial charge is 0.270 e. The third kappa shape index (κ3) is 16.7. The number of aromatic nitrogens is 2. The maximum absolute atomic E-state index is 13.6. The van der Waals surface area contributed by atoms with E-state index in [2.05, 4.69) is 153 Å². The second kappa shape index (κ2) is 30.1. The van der Waals surface area contributed by atoms with Crippen LogP contribution in [0.5, 0.6) is 0 Å². The Labute approximate surface area is 566 Å². The van der Waals surface area contributed by atoms with E-state index in [9.17, 15) is 29.1 Å². The number of rotatable bonds is 10. The van der Waals surface area contributed by atoms with Gasteiger partial charge in [-0.15, -0.1) is 0 Å². The Morgan fingerprint density at radius 1 is 0.391 bits per heavy atom. The van der Waals surface area contributed by atoms with Gasteiger partial charge in [0.1, 0.15) is 22.8 Å². The highest BCUT2D eigenvalue weighted by molar-refractivity contribution is 9.11. The van der Waals surface area contributed by atoms with Crippen LogP contribution in [0.1, 0.15) is 92.0 Å². The summed E-state index contributed by atoms with van der Waals surface area (Å²) in [5.41, 5.74) is 12.4. The van der Waals surface area contributed by atoms with E-state index in [4.69, 9.17) is 0 Å². The van der Waals surface area contributed by atoms with Gasteiger partial charge in [-0.05, 0) is 142 Å². The van der Waals surface area contributed by atoms with E-state index < -0.39 is 23.6 Å². The molecule has 0 saturated heterocycles. The Balaban J connectivity index is 0.000000195. The van der Waals surface area contributed by atoms with E-state index >= 15 is 0 Å². The lowest BCUT2D eigenvalue weighted by atomic mass is 9.80. The van der Waals surface area contributed by atoms with Crippen molar-refractivity contribution in [2.24, 2.45) is 0 Å². The van der Waals surface area contributed by atoms with Crippen molar-refractivity contribution in [3.8, 4) is 0 Å². The van der Waals surface area contributed by atoms with Crippen LogP contribution in [0.3, 0.4) is 0 Å². The quantitative estimate of drug-likeness (QED) is 0.0763. The van der Waals surface area contributed by atoms with Gasteiger partial charge in [-0.2, -0.15) is 0 Å². The van der Waals surface area contributed by atoms with Crippen molar-refractivity contribution in [2.75, 3.05) is 4.90 Å². The molecule has 15 rings (SSSR count). The Kier molecular flexibility index (Phi) is 21.0. The number of nitrogens with zero attached hydrogens (tertiary/aromatic N) is 4. The van der Waals surface area contributed by atoms with Crippen molar-refractivity contribution in [2.45, 2.75) is 52.4 Å². The van der Waals surface area contributed by atoms with Crippen molar-refractivity contribution in [1.29, 1.82) is 0 Å². The predicted octanol–water partition coefficient (Wildman–Crippen LogP) is 13.4. The zero-order chi connectivity index (χ0) is 64.1. The summed E-state index contributed by atoms with van der Waals surface area (Å²) in [5, 5.41) is 24.8. The Morgan fingerprint density at radius 2 is 0.717 bits per heavy atom. The van der Waals surface area contributed by atoms with Crippen LogP contribution in [0.2, 0.25) is 0 Å². The fourth-order valence-electron chi connectivity index (χ4n) is 10.3. The normalized spacial score (nSPS) is 14.2. The van der Waals surface area contributed by atoms with Crippen LogP contribution >= 0.6 is 63.7 Å². The SMILES string of the molecule is O=C1C(=C2C=CC(=[N+](Cc3ccc(Br)cc3)Cc3ccc(Br)cc3)C=C2)C([O-])=C1c1ccc(N(Cc2ccc(Br)cc2)Cc2ccc(Br)cc2)cc1.O=C1NCc2ccc(cc2)CNC(=O)c2cccc(n2)C(=O)NCc2ccc(cc2)CNC(=O)c2cccc1n2. The zero-order valence-corrected chi connectivity index (χ0v) is 55.7. The molecule has 6 heterocycles. The largest absolute Gasteiger partial charge is 0.871 e. The molecule has 0 saturated carbocycles. The molecule has 4 N–H and O–H groups in total. The average Bonchev–Trinajstić information content (AvgIpc) is 0.758. The minimum atomic E-state index is -0.398. The average molecular weight is 1470 g/mol. The van der Waals surface area contributed by atoms with E-state index in [0.717, 1.165) is 51.5 Å². The fraction of sp³-hybridized carbons (Fsp3) is 0.108. The molecule has 18 heteroatoms. The molecule has 458 valence electrons. The Bertz CT molecular complexity index is 4060. The predicted molar refractivity (Wildman–Crippen MR) is 369 cm³/mol. The number of halogens is 4. The third-order valence-electron chi connectivity index (χ3n) is 15.4. The molecule has 0 radical (unpaired) electrons. The number of ketones is 1. The molecule has 8 bridgehead atoms. The van der Waals surface area contributed by atoms with Crippen molar-refractivity contribution >= 4 is 110 Å². The molecule has 9 aromatic rings. The maximum atomic E-state index is 13.6. The number of anilines is 1. The molecule has 0 atom stereocenters. The van der Waals surface area contributed by atoms with Gasteiger partial charge in [0.05, 0.1) is 0 Å². The summed E-state index contributed by atoms with van der Waals surface area (Å²) < 4.78 is 6.44. The number of nitrogens with one attached hydrogen (secondary N) is 4. The van der Waals surface area contributed by atoms with Crippen molar-refractivity contribution in [3.05, 3.63) is 338 Å². The van der Waals surface area contributed by atoms with Crippen LogP contribution in [-0.4, -0.2) is 49.7 Å². The molecule has 7 aromatic carbocycles. The molecule has 0 fully saturated rings. The molecular weight excluding hydrogens is 1420 g/mol. The monoisotopic (exact) mass is 1470 g/mol. The Morgan fingerprint density at radius 3 is 1.04 bits per heavy atom. The first-order valence-corrected chi connectivity index (χ1v) is 32.6. The highest BCUT2D eigenvalue weighted by Gasteiger charge is 2.31. The van der Waals surface area contributed by atoms with Crippen molar-refractivity contribution in [3.63, 3.8) is 0 Å². The van der Waals surface area contributed by atoms with Crippen LogP contribution in [0.15, 0.2) is 265 Å². The van der Waals surface area contributed by atoms with E-state index in [-0.39, 0.29) is 71.6 Å². The van der Waals surface area contributed by atoms with Crippen LogP contribution in [0.25, 0.3) is 5.57 Å². The number of pyridine rings is 2. The van der Waals surface area contributed by atoms with Gasteiger partial charge in [0, 0.05) is 97.3 Å². The van der Waals surface area contributed by atoms with Gasteiger partial charge < -0.3 is 31.3 Å². The number of benzene rings is 7. The molecular formula is C74H58Br4N8O6. The van der Waals surface area contributed by atoms with Crippen LogP contribution < -0.4 is 31.3 Å². The number of carbonyl (C=O) groups is 5. The second-order valence-electron chi connectivity index (χ2n) is 21.9. The van der Waals surface area contributed by atoms with Gasteiger partial charge in [0.15, 0.2) is 18.9 Å². The lowest BCUT2D eigenvalue weighted by Gasteiger charge is -2.32. The van der Waals surface area contributed by atoms with Gasteiger partial charge >= 0.3 is 0 Å². The first-order chi connectivity index (χ1) is 44.6. The molecule has 4 aliphatic heterocycles. The van der Waals surface area contributed by atoms with Gasteiger partial charge in [0.25, 0.3) is 23.6 Å². The third-order valence-corrected chi connectivity index (χ3v) is 17.5. The molecule has 6 aliphatic rings. The summed E-state index contributed by atoms with van der Waals surface area (Å²) >= 11 is 14.1. The summed E-state index contributed by atoms with van der Waals surface area (Å²) in [5.74, 6) is -2.02. The first-order valence-electron chi connectivity index (χ1n) is 29.4. The van der Waals surface area contributed by atoms with E-state index in [0.29, 0.717) is 37.3 Å². The Hall–Kier alpha value is -9.46. The van der Waals surface area contributed by atoms with Crippen molar-refractivity contribution in [1.82, 2.24) is 31.2 Å². The summed E-state index contributed by atoms with van der Waals surface area (Å²) in [7, 11) is 0. The molecule has 0 spiro atoms. The van der Waals surface area contributed by atoms with Crippen LogP contribution in [-0.2, 0) is 57.2 Å². The standard InChI is InChI=1S/C44H32Br4N2O2.C30H26N6O4/c45-35-13-1-29(2-14-35)25-49(26-30-3-15-36(46)16-4-30)39-21-9-33(10-22-39)41-43(51)42(44(41)52)34-11-23-40(24-12-34)50(27-31-5-17-37(47)18-6-31)28-32-7-19-38(48)20-8-32;37-27-23-3-1-4-24(35-23)28(38)32-16-20-9-13-22(14-10-20)18-34-30(40)26-6-2-5-25(36-26)29(39)33-17-21-11-7-19(8-12-21)15-31-27/h1-24H,25-28H2;1-14H,15-18H2,(H,31,37)(H,32,38)(H,33,39)(H,34,40). The van der Waals surface area contributed by atoms with Crippen LogP contribution in [0.4, 0.5) is 5.69 Å². The van der Waals surface area contributed by atoms with Gasteiger partial charge in [-0.25, -0.2) is 14.5 Å². The number of Topliss-reactive ketones (excluding diaryl/α,β-unsaturated/α-hetero) is 1. The number of hydrogen-bond donors (Lipinski definition) is 4. The highest BCUT2D eigenvalue weighted by atomic mass is 79.9. The molecule has 14 nitrogen and oxygen atoms in total. The van der Waals surface area contributed by atoms with E-state index in [1.165, 1.54) is 22.3 Å². The number of amides is 4. The summed E-state index contributed by atoms with van der Waals surface area (Å²) in [6.45, 7) is 3.86. The number of allylic oxidation sites excluding steroid dienone is 7. The minimum Gasteiger partial charge on any atom is -0.871 e. The highest BCUT2D eigenvalue weighted by Crippen LogP contribution is 2.38. The maximum Gasteiger partial charge on any atom is 0.270 e. The minimum absolute atomic E-state index is 0.137. The van der Waals surface area contributed by atoms with Gasteiger partial charge in [0.2, 0.25) is 5.71 Å². The summed E-state index contributed by atoms with van der Waals surface area (Å²) in [6.07, 6.45) is 7.77. The second-order valence-corrected chi connectivity index (χ2v) is 25.6. The molecule has 0 unspecified atom stereocenters. The fourth-order valence-corrected chi connectivity index (χ4v) is 11.4. The van der Waals surface area contributed by atoms with Gasteiger partial charge in [-0.1, -0.05) is 191 Å². The lowest BCUT2D eigenvalue weighted by molar-refractivity contribution is -0.558. The summed E-state index contributed by atoms with van der Waals surface area (Å²) in [6, 6.07) is 65.3. The molecule has 4 amide bonds. The van der Waals surface area contributed by atoms with E-state index in [1.807, 2.05) is 146 Å². The molecule has 2 aromatic heterocycles. The first kappa shape index (κ1) is 64.1. The topological polar surface area (TPSA) is 189 Å². The summed E-state index contributed by atoms with van der Waals surface area (Å²) in [4.78, 5) is 75.0. The van der Waals surface area contributed by atoms with Crippen molar-refractivity contribution < 1.29 is 33.7 Å². The molecule has 2 aliphatic carbocycles. The van der Waals surface area contributed by atoms with E-state index in [1.54, 1.807) is 36.4 Å². The molecule has 92 heavy (non-hydrogen) atoms. The number of hydrogen-bond acceptors (Lipinski definition) is 9. The lowest BCUT2D eigenvalue weighted by Crippen LogP contribution is -2.30.